The van der Waals surface area contributed by atoms with Gasteiger partial charge in [-0.25, -0.2) is 0 Å². The minimum Gasteiger partial charge on any atom is -0.322 e. The maximum absolute atomic E-state index is 12.4. The zero-order valence-electron chi connectivity index (χ0n) is 16.8. The molecule has 1 heterocycles. The Morgan fingerprint density at radius 3 is 2.34 bits per heavy atom. The van der Waals surface area contributed by atoms with Crippen LogP contribution >= 0.6 is 11.8 Å². The molecular formula is C23H24N2O3S. The first-order chi connectivity index (χ1) is 13.7. The van der Waals surface area contributed by atoms with Crippen molar-refractivity contribution in [3.8, 4) is 0 Å². The van der Waals surface area contributed by atoms with Crippen molar-refractivity contribution in [3.05, 3.63) is 76.8 Å². The van der Waals surface area contributed by atoms with E-state index in [9.17, 15) is 14.4 Å². The Bertz CT molecular complexity index is 944. The second-order valence-corrected chi connectivity index (χ2v) is 8.88. The first kappa shape index (κ1) is 20.9. The summed E-state index contributed by atoms with van der Waals surface area (Å²) < 4.78 is 0. The smallest absolute Gasteiger partial charge is 0.255 e. The van der Waals surface area contributed by atoms with Gasteiger partial charge in [-0.3, -0.25) is 14.4 Å². The van der Waals surface area contributed by atoms with Gasteiger partial charge in [0.15, 0.2) is 5.78 Å². The molecule has 5 nitrogen and oxygen atoms in total. The molecule has 0 aliphatic carbocycles. The van der Waals surface area contributed by atoms with E-state index in [1.165, 1.54) is 11.8 Å². The Labute approximate surface area is 175 Å². The Morgan fingerprint density at radius 2 is 1.72 bits per heavy atom. The van der Waals surface area contributed by atoms with Crippen LogP contribution in [0.3, 0.4) is 0 Å². The monoisotopic (exact) mass is 408 g/mol. The van der Waals surface area contributed by atoms with Crippen molar-refractivity contribution in [1.82, 2.24) is 4.90 Å². The summed E-state index contributed by atoms with van der Waals surface area (Å²) in [5, 5.41) is 3.53. The van der Waals surface area contributed by atoms with Crippen LogP contribution in [-0.2, 0) is 16.1 Å². The third-order valence-electron chi connectivity index (χ3n) is 4.49. The van der Waals surface area contributed by atoms with E-state index in [1.54, 1.807) is 23.1 Å². The third-order valence-corrected chi connectivity index (χ3v) is 5.52. The van der Waals surface area contributed by atoms with Gasteiger partial charge in [-0.1, -0.05) is 62.9 Å². The summed E-state index contributed by atoms with van der Waals surface area (Å²) in [6.07, 6.45) is 1.57. The molecule has 1 N–H and O–H groups in total. The van der Waals surface area contributed by atoms with Gasteiger partial charge in [0.25, 0.3) is 5.91 Å². The molecule has 0 spiro atoms. The second-order valence-electron chi connectivity index (χ2n) is 7.88. The Kier molecular flexibility index (Phi) is 6.23. The minimum atomic E-state index is -0.487. The fourth-order valence-electron chi connectivity index (χ4n) is 2.70. The van der Waals surface area contributed by atoms with Crippen molar-refractivity contribution >= 4 is 35.0 Å². The largest absolute Gasteiger partial charge is 0.322 e. The number of hydrogen-bond donors (Lipinski definition) is 1. The number of anilines is 1. The third kappa shape index (κ3) is 5.35. The molecule has 6 heteroatoms. The van der Waals surface area contributed by atoms with Gasteiger partial charge in [-0.2, -0.15) is 0 Å². The number of carbonyl (C=O) groups excluding carboxylic acids is 3. The van der Waals surface area contributed by atoms with Crippen molar-refractivity contribution in [2.45, 2.75) is 27.3 Å². The van der Waals surface area contributed by atoms with Crippen LogP contribution in [0.15, 0.2) is 65.7 Å². The molecule has 0 radical (unpaired) electrons. The van der Waals surface area contributed by atoms with E-state index in [1.807, 2.05) is 63.2 Å². The number of carbonyl (C=O) groups is 3. The molecule has 0 saturated carbocycles. The molecule has 0 unspecified atom stereocenters. The highest BCUT2D eigenvalue weighted by molar-refractivity contribution is 8.04. The SMILES string of the molecule is CC(C)(C)C(=O)/C=C1\SCC(=O)N1Cc1ccc(C(=O)Nc2ccccc2)cc1. The maximum atomic E-state index is 12.4. The molecule has 3 rings (SSSR count). The molecule has 0 atom stereocenters. The van der Waals surface area contributed by atoms with E-state index in [-0.39, 0.29) is 17.6 Å². The summed E-state index contributed by atoms with van der Waals surface area (Å²) in [6, 6.07) is 16.4. The number of thioether (sulfide) groups is 1. The predicted octanol–water partition coefficient (Wildman–Crippen LogP) is 4.47. The van der Waals surface area contributed by atoms with Crippen molar-refractivity contribution in [2.75, 3.05) is 11.1 Å². The number of amides is 2. The molecule has 1 fully saturated rings. The van der Waals surface area contributed by atoms with E-state index in [2.05, 4.69) is 5.32 Å². The summed E-state index contributed by atoms with van der Waals surface area (Å²) >= 11 is 1.38. The Balaban J connectivity index is 1.69. The number of ketones is 1. The molecule has 29 heavy (non-hydrogen) atoms. The van der Waals surface area contributed by atoms with Gasteiger partial charge < -0.3 is 10.2 Å². The van der Waals surface area contributed by atoms with Crippen molar-refractivity contribution in [3.63, 3.8) is 0 Å². The lowest BCUT2D eigenvalue weighted by Crippen LogP contribution is -2.26. The van der Waals surface area contributed by atoms with Gasteiger partial charge in [0.05, 0.1) is 17.3 Å². The highest BCUT2D eigenvalue weighted by Crippen LogP contribution is 2.32. The van der Waals surface area contributed by atoms with Gasteiger partial charge in [0.1, 0.15) is 0 Å². The van der Waals surface area contributed by atoms with Crippen LogP contribution in [-0.4, -0.2) is 28.3 Å². The Hall–Kier alpha value is -2.86. The van der Waals surface area contributed by atoms with Crippen LogP contribution < -0.4 is 5.32 Å². The quantitative estimate of drug-likeness (QED) is 0.741. The van der Waals surface area contributed by atoms with Crippen molar-refractivity contribution < 1.29 is 14.4 Å². The molecule has 1 aliphatic heterocycles. The van der Waals surface area contributed by atoms with E-state index in [4.69, 9.17) is 0 Å². The van der Waals surface area contributed by atoms with E-state index >= 15 is 0 Å². The molecule has 1 aliphatic rings. The average Bonchev–Trinajstić information content (AvgIpc) is 3.02. The number of nitrogens with zero attached hydrogens (tertiary/aromatic N) is 1. The zero-order valence-corrected chi connectivity index (χ0v) is 17.6. The summed E-state index contributed by atoms with van der Waals surface area (Å²) in [7, 11) is 0. The number of rotatable bonds is 5. The minimum absolute atomic E-state index is 0.00682. The van der Waals surface area contributed by atoms with Crippen molar-refractivity contribution in [2.24, 2.45) is 5.41 Å². The number of para-hydroxylation sites is 1. The molecule has 1 saturated heterocycles. The molecule has 2 aromatic carbocycles. The first-order valence-electron chi connectivity index (χ1n) is 9.39. The van der Waals surface area contributed by atoms with Gasteiger partial charge in [-0.15, -0.1) is 0 Å². The molecule has 2 amide bonds. The fourth-order valence-corrected chi connectivity index (χ4v) is 3.64. The van der Waals surface area contributed by atoms with Crippen LogP contribution in [0, 0.1) is 5.41 Å². The molecule has 0 bridgehead atoms. The summed E-state index contributed by atoms with van der Waals surface area (Å²) in [5.74, 6) is 0.120. The number of hydrogen-bond acceptors (Lipinski definition) is 4. The van der Waals surface area contributed by atoms with Crippen LogP contribution in [0.1, 0.15) is 36.7 Å². The van der Waals surface area contributed by atoms with Gasteiger partial charge in [0.2, 0.25) is 5.91 Å². The number of allylic oxidation sites excluding steroid dienone is 1. The molecule has 2 aromatic rings. The maximum Gasteiger partial charge on any atom is 0.255 e. The fraction of sp³-hybridized carbons (Fsp3) is 0.261. The first-order valence-corrected chi connectivity index (χ1v) is 10.4. The number of benzene rings is 2. The summed E-state index contributed by atoms with van der Waals surface area (Å²) in [4.78, 5) is 38.6. The lowest BCUT2D eigenvalue weighted by atomic mass is 9.91. The van der Waals surface area contributed by atoms with Crippen LogP contribution in [0.25, 0.3) is 0 Å². The molecule has 150 valence electrons. The zero-order chi connectivity index (χ0) is 21.0. The normalized spacial score (nSPS) is 15.6. The van der Waals surface area contributed by atoms with Crippen LogP contribution in [0.4, 0.5) is 5.69 Å². The lowest BCUT2D eigenvalue weighted by molar-refractivity contribution is -0.125. The van der Waals surface area contributed by atoms with Gasteiger partial charge in [-0.05, 0) is 29.8 Å². The van der Waals surface area contributed by atoms with Crippen LogP contribution in [0.2, 0.25) is 0 Å². The lowest BCUT2D eigenvalue weighted by Gasteiger charge is -2.19. The summed E-state index contributed by atoms with van der Waals surface area (Å²) in [5.41, 5.74) is 1.68. The highest BCUT2D eigenvalue weighted by atomic mass is 32.2. The van der Waals surface area contributed by atoms with Gasteiger partial charge >= 0.3 is 0 Å². The Morgan fingerprint density at radius 1 is 1.07 bits per heavy atom. The van der Waals surface area contributed by atoms with Crippen molar-refractivity contribution in [1.29, 1.82) is 0 Å². The van der Waals surface area contributed by atoms with E-state index in [0.717, 1.165) is 11.3 Å². The number of nitrogens with one attached hydrogen (secondary N) is 1. The van der Waals surface area contributed by atoms with Gasteiger partial charge in [0, 0.05) is 22.7 Å². The highest BCUT2D eigenvalue weighted by Gasteiger charge is 2.29. The molecular weight excluding hydrogens is 384 g/mol. The predicted molar refractivity (Wildman–Crippen MR) is 116 cm³/mol. The van der Waals surface area contributed by atoms with E-state index in [0.29, 0.717) is 22.9 Å². The second kappa shape index (κ2) is 8.66. The van der Waals surface area contributed by atoms with E-state index < -0.39 is 5.41 Å². The average molecular weight is 409 g/mol. The topological polar surface area (TPSA) is 66.5 Å². The van der Waals surface area contributed by atoms with Crippen LogP contribution in [0.5, 0.6) is 0 Å². The summed E-state index contributed by atoms with van der Waals surface area (Å²) in [6.45, 7) is 5.95. The standard InChI is InChI=1S/C23H24N2O3S/c1-23(2,3)19(26)13-21-25(20(27)15-29-21)14-16-9-11-17(12-10-16)22(28)24-18-7-5-4-6-8-18/h4-13H,14-15H2,1-3H3,(H,24,28)/b21-13-. The molecule has 0 aromatic heterocycles.